The van der Waals surface area contributed by atoms with Gasteiger partial charge in [-0.05, 0) is 6.92 Å². The van der Waals surface area contributed by atoms with Gasteiger partial charge in [0.15, 0.2) is 5.01 Å². The van der Waals surface area contributed by atoms with Gasteiger partial charge in [0.05, 0.1) is 5.69 Å². The molecular weight excluding hydrogens is 373 g/mol. The molecule has 13 heteroatoms. The second-order valence-electron chi connectivity index (χ2n) is 4.91. The van der Waals surface area contributed by atoms with Crippen molar-refractivity contribution in [1.82, 2.24) is 29.7 Å². The van der Waals surface area contributed by atoms with Crippen molar-refractivity contribution >= 4 is 34.0 Å². The van der Waals surface area contributed by atoms with Crippen LogP contribution in [0.4, 0.5) is 29.9 Å². The van der Waals surface area contributed by atoms with Crippen molar-refractivity contribution in [2.75, 3.05) is 17.7 Å². The molecule has 2 N–H and O–H groups in total. The number of hydrogen-bond donors (Lipinski definition) is 2. The van der Waals surface area contributed by atoms with Crippen LogP contribution in [-0.2, 0) is 6.18 Å². The van der Waals surface area contributed by atoms with Gasteiger partial charge in [0, 0.05) is 13.2 Å². The molecule has 0 spiro atoms. The number of carbonyl (C=O) groups is 1. The first-order chi connectivity index (χ1) is 12.3. The number of rotatable bonds is 4. The number of carbonyl (C=O) groups excluding carboxylic acids is 1. The van der Waals surface area contributed by atoms with E-state index in [2.05, 4.69) is 35.7 Å². The quantitative estimate of drug-likeness (QED) is 0.705. The number of alkyl halides is 3. The van der Waals surface area contributed by atoms with Crippen LogP contribution < -0.4 is 10.6 Å². The van der Waals surface area contributed by atoms with Gasteiger partial charge in [0.25, 0.3) is 0 Å². The lowest BCUT2D eigenvalue weighted by atomic mass is 10.3. The van der Waals surface area contributed by atoms with E-state index >= 15 is 0 Å². The van der Waals surface area contributed by atoms with Gasteiger partial charge in [-0.25, -0.2) is 15.0 Å². The second kappa shape index (κ2) is 6.67. The second-order valence-corrected chi connectivity index (χ2v) is 5.91. The van der Waals surface area contributed by atoms with E-state index in [1.165, 1.54) is 19.7 Å². The summed E-state index contributed by atoms with van der Waals surface area (Å²) in [5.41, 5.74) is -0.512. The fourth-order valence-corrected chi connectivity index (χ4v) is 2.85. The molecule has 0 fully saturated rings. The number of thiazole rings is 1. The highest BCUT2D eigenvalue weighted by atomic mass is 32.1. The molecule has 0 saturated carbocycles. The minimum absolute atomic E-state index is 0.0612. The van der Waals surface area contributed by atoms with Crippen LogP contribution in [0.25, 0.3) is 0 Å². The van der Waals surface area contributed by atoms with Gasteiger partial charge in [-0.15, -0.1) is 0 Å². The molecule has 26 heavy (non-hydrogen) atoms. The molecule has 136 valence electrons. The van der Waals surface area contributed by atoms with Crippen LogP contribution in [0.5, 0.6) is 0 Å². The van der Waals surface area contributed by atoms with Crippen molar-refractivity contribution in [3.8, 4) is 0 Å². The summed E-state index contributed by atoms with van der Waals surface area (Å²) >= 11 is 1.00. The Balaban J connectivity index is 1.87. The summed E-state index contributed by atoms with van der Waals surface area (Å²) in [5.74, 6) is -0.905. The molecule has 0 aromatic carbocycles. The molecule has 0 aliphatic heterocycles. The topological polar surface area (TPSA) is 111 Å². The zero-order chi connectivity index (χ0) is 18.9. The van der Waals surface area contributed by atoms with E-state index in [-0.39, 0.29) is 16.8 Å². The Hall–Kier alpha value is -3.09. The lowest BCUT2D eigenvalue weighted by molar-refractivity contribution is -0.137. The summed E-state index contributed by atoms with van der Waals surface area (Å²) in [6.07, 6.45) is -1.44. The normalized spacial score (nSPS) is 11.4. The van der Waals surface area contributed by atoms with Gasteiger partial charge in [-0.2, -0.15) is 27.9 Å². The summed E-state index contributed by atoms with van der Waals surface area (Å²) in [7, 11) is 1.33. The van der Waals surface area contributed by atoms with Crippen LogP contribution in [0.15, 0.2) is 18.9 Å². The Labute approximate surface area is 148 Å². The maximum atomic E-state index is 12.9. The van der Waals surface area contributed by atoms with Crippen LogP contribution in [0.2, 0.25) is 0 Å². The monoisotopic (exact) mass is 384 g/mol. The van der Waals surface area contributed by atoms with Crippen LogP contribution in [-0.4, -0.2) is 42.7 Å². The zero-order valence-electron chi connectivity index (χ0n) is 13.4. The molecule has 0 radical (unpaired) electrons. The molecule has 0 aliphatic rings. The standard InChI is InChI=1S/C13H11F3N8OS/c1-6-9(26-10(21-6)11(25)24-5-18-4-20-24)23-12-19-3-7(13(14,15)16)8(17-2)22-12/h3-5H,1-2H3,(H2,17,19,22,23). The predicted octanol–water partition coefficient (Wildman–Crippen LogP) is 2.33. The van der Waals surface area contributed by atoms with Crippen molar-refractivity contribution in [2.24, 2.45) is 0 Å². The third-order valence-electron chi connectivity index (χ3n) is 3.16. The van der Waals surface area contributed by atoms with Crippen molar-refractivity contribution in [2.45, 2.75) is 13.1 Å². The van der Waals surface area contributed by atoms with E-state index in [0.29, 0.717) is 16.9 Å². The first-order valence-electron chi connectivity index (χ1n) is 7.05. The molecule has 3 aromatic rings. The third kappa shape index (κ3) is 3.46. The van der Waals surface area contributed by atoms with Crippen LogP contribution >= 0.6 is 11.3 Å². The molecule has 3 heterocycles. The lowest BCUT2D eigenvalue weighted by Crippen LogP contribution is -2.12. The summed E-state index contributed by atoms with van der Waals surface area (Å²) in [5, 5.41) is 9.46. The number of anilines is 3. The molecule has 0 aliphatic carbocycles. The highest BCUT2D eigenvalue weighted by Crippen LogP contribution is 2.34. The maximum absolute atomic E-state index is 12.9. The Morgan fingerprint density at radius 2 is 2.08 bits per heavy atom. The van der Waals surface area contributed by atoms with Crippen molar-refractivity contribution in [3.05, 3.63) is 35.1 Å². The first-order valence-corrected chi connectivity index (χ1v) is 7.87. The molecule has 0 unspecified atom stereocenters. The van der Waals surface area contributed by atoms with Crippen LogP contribution in [0.1, 0.15) is 21.1 Å². The number of nitrogens with one attached hydrogen (secondary N) is 2. The lowest BCUT2D eigenvalue weighted by Gasteiger charge is -2.12. The summed E-state index contributed by atoms with van der Waals surface area (Å²) in [6.45, 7) is 1.64. The van der Waals surface area contributed by atoms with E-state index in [1.807, 2.05) is 0 Å². The molecule has 3 rings (SSSR count). The van der Waals surface area contributed by atoms with Gasteiger partial charge in [-0.3, -0.25) is 4.79 Å². The SMILES string of the molecule is CNc1nc(Nc2sc(C(=O)n3cncn3)nc2C)ncc1C(F)(F)F. The highest BCUT2D eigenvalue weighted by molar-refractivity contribution is 7.17. The Morgan fingerprint density at radius 1 is 1.31 bits per heavy atom. The van der Waals surface area contributed by atoms with Gasteiger partial charge in [-0.1, -0.05) is 11.3 Å². The van der Waals surface area contributed by atoms with Gasteiger partial charge >= 0.3 is 12.1 Å². The van der Waals surface area contributed by atoms with E-state index < -0.39 is 17.6 Å². The number of hydrogen-bond acceptors (Lipinski definition) is 9. The van der Waals surface area contributed by atoms with Crippen molar-refractivity contribution in [3.63, 3.8) is 0 Å². The number of aromatic nitrogens is 6. The van der Waals surface area contributed by atoms with Gasteiger partial charge in [0.1, 0.15) is 29.0 Å². The van der Waals surface area contributed by atoms with E-state index in [9.17, 15) is 18.0 Å². The molecule has 3 aromatic heterocycles. The van der Waals surface area contributed by atoms with Gasteiger partial charge in [0.2, 0.25) is 5.95 Å². The summed E-state index contributed by atoms with van der Waals surface area (Å²) in [6, 6.07) is 0. The fourth-order valence-electron chi connectivity index (χ4n) is 1.96. The Kier molecular flexibility index (Phi) is 4.54. The minimum atomic E-state index is -4.57. The summed E-state index contributed by atoms with van der Waals surface area (Å²) < 4.78 is 39.7. The minimum Gasteiger partial charge on any atom is -0.372 e. The van der Waals surface area contributed by atoms with Crippen LogP contribution in [0.3, 0.4) is 0 Å². The highest BCUT2D eigenvalue weighted by Gasteiger charge is 2.35. The first kappa shape index (κ1) is 17.7. The Morgan fingerprint density at radius 3 is 2.69 bits per heavy atom. The van der Waals surface area contributed by atoms with Crippen molar-refractivity contribution in [1.29, 1.82) is 0 Å². The van der Waals surface area contributed by atoms with Crippen LogP contribution in [0, 0.1) is 6.92 Å². The molecule has 0 bridgehead atoms. The van der Waals surface area contributed by atoms with E-state index in [4.69, 9.17) is 0 Å². The molecular formula is C13H11F3N8OS. The molecule has 0 atom stereocenters. The number of halogens is 3. The molecule has 0 saturated heterocycles. The largest absolute Gasteiger partial charge is 0.421 e. The zero-order valence-corrected chi connectivity index (χ0v) is 14.2. The third-order valence-corrected chi connectivity index (χ3v) is 4.22. The maximum Gasteiger partial charge on any atom is 0.421 e. The molecule has 0 amide bonds. The van der Waals surface area contributed by atoms with E-state index in [0.717, 1.165) is 16.0 Å². The van der Waals surface area contributed by atoms with E-state index in [1.54, 1.807) is 6.92 Å². The molecule has 9 nitrogen and oxygen atoms in total. The smallest absolute Gasteiger partial charge is 0.372 e. The fraction of sp³-hybridized carbons (Fsp3) is 0.231. The number of nitrogens with zero attached hydrogens (tertiary/aromatic N) is 6. The van der Waals surface area contributed by atoms with Crippen molar-refractivity contribution < 1.29 is 18.0 Å². The predicted molar refractivity (Wildman–Crippen MR) is 86.5 cm³/mol. The average molecular weight is 384 g/mol. The van der Waals surface area contributed by atoms with Gasteiger partial charge < -0.3 is 10.6 Å². The summed E-state index contributed by atoms with van der Waals surface area (Å²) in [4.78, 5) is 27.5. The average Bonchev–Trinajstić information content (AvgIpc) is 3.24. The number of aryl methyl sites for hydroxylation is 1. The Bertz CT molecular complexity index is 938.